The van der Waals surface area contributed by atoms with Gasteiger partial charge >= 0.3 is 0 Å². The molecule has 0 aromatic carbocycles. The van der Waals surface area contributed by atoms with Gasteiger partial charge in [-0.25, -0.2) is 0 Å². The van der Waals surface area contributed by atoms with Gasteiger partial charge < -0.3 is 20.1 Å². The predicted molar refractivity (Wildman–Crippen MR) is 59.0 cm³/mol. The van der Waals surface area contributed by atoms with Crippen LogP contribution in [0.15, 0.2) is 0 Å². The Balaban J connectivity index is 1.88. The first-order valence-corrected chi connectivity index (χ1v) is 6.01. The number of ether oxygens (including phenoxy) is 1. The van der Waals surface area contributed by atoms with Gasteiger partial charge in [0.2, 0.25) is 5.91 Å². The largest absolute Gasteiger partial charge is 0.388 e. The molecule has 2 N–H and O–H groups in total. The van der Waals surface area contributed by atoms with E-state index in [0.717, 1.165) is 19.5 Å². The first-order chi connectivity index (χ1) is 7.72. The fourth-order valence-electron chi connectivity index (χ4n) is 2.44. The van der Waals surface area contributed by atoms with Crippen molar-refractivity contribution in [3.05, 3.63) is 0 Å². The Hall–Kier alpha value is -0.650. The molecule has 2 aliphatic heterocycles. The maximum atomic E-state index is 12.1. The highest BCUT2D eigenvalue weighted by Crippen LogP contribution is 2.19. The van der Waals surface area contributed by atoms with Crippen molar-refractivity contribution in [2.75, 3.05) is 32.8 Å². The van der Waals surface area contributed by atoms with Crippen molar-refractivity contribution in [3.8, 4) is 0 Å². The van der Waals surface area contributed by atoms with E-state index in [4.69, 9.17) is 4.74 Å². The number of β-amino-alcohol motifs (C(OH)–C–C–N with tert-alkyl or cyclic N) is 1. The van der Waals surface area contributed by atoms with Crippen LogP contribution < -0.4 is 5.32 Å². The maximum absolute atomic E-state index is 12.1. The Kier molecular flexibility index (Phi) is 3.78. The van der Waals surface area contributed by atoms with Gasteiger partial charge in [-0.2, -0.15) is 0 Å². The molecule has 0 spiro atoms. The molecule has 0 aliphatic carbocycles. The lowest BCUT2D eigenvalue weighted by Gasteiger charge is -2.19. The maximum Gasteiger partial charge on any atom is 0.227 e. The molecule has 0 unspecified atom stereocenters. The third kappa shape index (κ3) is 2.36. The summed E-state index contributed by atoms with van der Waals surface area (Å²) in [6, 6.07) is 0. The number of nitrogens with zero attached hydrogens (tertiary/aromatic N) is 1. The zero-order valence-electron chi connectivity index (χ0n) is 9.69. The monoisotopic (exact) mass is 228 g/mol. The van der Waals surface area contributed by atoms with Gasteiger partial charge in [-0.3, -0.25) is 4.79 Å². The Labute approximate surface area is 95.8 Å². The van der Waals surface area contributed by atoms with E-state index in [1.165, 1.54) is 0 Å². The molecule has 2 heterocycles. The van der Waals surface area contributed by atoms with Crippen LogP contribution in [-0.4, -0.2) is 60.9 Å². The van der Waals surface area contributed by atoms with Gasteiger partial charge in [0, 0.05) is 26.2 Å². The molecule has 2 saturated heterocycles. The summed E-state index contributed by atoms with van der Waals surface area (Å²) in [6.07, 6.45) is 0.173. The normalized spacial score (nSPS) is 34.6. The van der Waals surface area contributed by atoms with E-state index < -0.39 is 6.10 Å². The number of carbonyl (C=O) groups excluding carboxylic acids is 1. The van der Waals surface area contributed by atoms with Crippen molar-refractivity contribution < 1.29 is 14.6 Å². The van der Waals surface area contributed by atoms with Crippen LogP contribution in [0.3, 0.4) is 0 Å². The number of hydrogen-bond acceptors (Lipinski definition) is 4. The molecule has 5 nitrogen and oxygen atoms in total. The summed E-state index contributed by atoms with van der Waals surface area (Å²) >= 11 is 0. The third-order valence-corrected chi connectivity index (χ3v) is 3.34. The fraction of sp³-hybridized carbons (Fsp3) is 0.909. The van der Waals surface area contributed by atoms with E-state index in [-0.39, 0.29) is 17.9 Å². The highest BCUT2D eigenvalue weighted by atomic mass is 16.5. The van der Waals surface area contributed by atoms with Crippen LogP contribution in [-0.2, 0) is 9.53 Å². The zero-order valence-corrected chi connectivity index (χ0v) is 9.69. The minimum absolute atomic E-state index is 0.0903. The number of carbonyl (C=O) groups is 1. The van der Waals surface area contributed by atoms with E-state index in [0.29, 0.717) is 19.7 Å². The molecule has 2 fully saturated rings. The second-order valence-electron chi connectivity index (χ2n) is 4.49. The van der Waals surface area contributed by atoms with Crippen molar-refractivity contribution in [2.45, 2.75) is 25.6 Å². The van der Waals surface area contributed by atoms with Crippen LogP contribution in [0.5, 0.6) is 0 Å². The van der Waals surface area contributed by atoms with Gasteiger partial charge in [0.1, 0.15) is 6.10 Å². The predicted octanol–water partition coefficient (Wildman–Crippen LogP) is -0.796. The average molecular weight is 228 g/mol. The minimum atomic E-state index is -0.529. The third-order valence-electron chi connectivity index (χ3n) is 3.34. The topological polar surface area (TPSA) is 61.8 Å². The summed E-state index contributed by atoms with van der Waals surface area (Å²) in [6.45, 7) is 5.11. The molecule has 0 radical (unpaired) electrons. The number of rotatable bonds is 3. The Morgan fingerprint density at radius 1 is 1.56 bits per heavy atom. The van der Waals surface area contributed by atoms with Crippen LogP contribution in [0.4, 0.5) is 0 Å². The SMILES string of the molecule is CCO[C@@H]1CN(C(=O)[C@H]2CCNC2)C[C@@H]1O. The van der Waals surface area contributed by atoms with Crippen molar-refractivity contribution in [2.24, 2.45) is 5.92 Å². The van der Waals surface area contributed by atoms with Gasteiger partial charge in [0.25, 0.3) is 0 Å². The summed E-state index contributed by atoms with van der Waals surface area (Å²) in [5.41, 5.74) is 0. The molecular weight excluding hydrogens is 208 g/mol. The molecule has 0 bridgehead atoms. The molecule has 1 amide bonds. The highest BCUT2D eigenvalue weighted by Gasteiger charge is 2.37. The van der Waals surface area contributed by atoms with E-state index >= 15 is 0 Å². The summed E-state index contributed by atoms with van der Waals surface area (Å²) in [4.78, 5) is 13.8. The minimum Gasteiger partial charge on any atom is -0.388 e. The van der Waals surface area contributed by atoms with Crippen molar-refractivity contribution in [1.29, 1.82) is 0 Å². The molecule has 3 atom stereocenters. The Bertz CT molecular complexity index is 254. The molecule has 2 aliphatic rings. The molecule has 5 heteroatoms. The van der Waals surface area contributed by atoms with Crippen LogP contribution in [0.25, 0.3) is 0 Å². The standard InChI is InChI=1S/C11H20N2O3/c1-2-16-10-7-13(6-9(10)14)11(15)8-3-4-12-5-8/h8-10,12,14H,2-7H2,1H3/t8-,9-,10+/m0/s1. The summed E-state index contributed by atoms with van der Waals surface area (Å²) in [5, 5.41) is 12.9. The smallest absolute Gasteiger partial charge is 0.227 e. The molecular formula is C11H20N2O3. The van der Waals surface area contributed by atoms with Gasteiger partial charge in [-0.05, 0) is 19.9 Å². The lowest BCUT2D eigenvalue weighted by molar-refractivity contribution is -0.134. The Morgan fingerprint density at radius 3 is 3.00 bits per heavy atom. The summed E-state index contributed by atoms with van der Waals surface area (Å²) < 4.78 is 5.40. The van der Waals surface area contributed by atoms with E-state index in [9.17, 15) is 9.90 Å². The number of likely N-dealkylation sites (tertiary alicyclic amines) is 1. The van der Waals surface area contributed by atoms with E-state index in [1.54, 1.807) is 4.90 Å². The van der Waals surface area contributed by atoms with Crippen LogP contribution in [0, 0.1) is 5.92 Å². The number of amides is 1. The lowest BCUT2D eigenvalue weighted by atomic mass is 10.1. The number of aliphatic hydroxyl groups is 1. The quantitative estimate of drug-likeness (QED) is 0.664. The van der Waals surface area contributed by atoms with Gasteiger partial charge in [0.05, 0.1) is 12.0 Å². The van der Waals surface area contributed by atoms with E-state index in [1.807, 2.05) is 6.92 Å². The molecule has 0 aromatic rings. The van der Waals surface area contributed by atoms with E-state index in [2.05, 4.69) is 5.32 Å². The van der Waals surface area contributed by atoms with Crippen molar-refractivity contribution in [1.82, 2.24) is 10.2 Å². The summed E-state index contributed by atoms with van der Waals surface area (Å²) in [5.74, 6) is 0.249. The highest BCUT2D eigenvalue weighted by molar-refractivity contribution is 5.79. The average Bonchev–Trinajstić information content (AvgIpc) is 2.88. The summed E-state index contributed by atoms with van der Waals surface area (Å²) in [7, 11) is 0. The molecule has 16 heavy (non-hydrogen) atoms. The van der Waals surface area contributed by atoms with Gasteiger partial charge in [-0.1, -0.05) is 0 Å². The molecule has 0 saturated carbocycles. The van der Waals surface area contributed by atoms with Crippen molar-refractivity contribution in [3.63, 3.8) is 0 Å². The number of hydrogen-bond donors (Lipinski definition) is 2. The van der Waals surface area contributed by atoms with Crippen LogP contribution in [0.2, 0.25) is 0 Å². The van der Waals surface area contributed by atoms with Crippen molar-refractivity contribution >= 4 is 5.91 Å². The molecule has 2 rings (SSSR count). The Morgan fingerprint density at radius 2 is 2.38 bits per heavy atom. The first-order valence-electron chi connectivity index (χ1n) is 6.01. The number of aliphatic hydroxyl groups excluding tert-OH is 1. The van der Waals surface area contributed by atoms with Crippen LogP contribution >= 0.6 is 0 Å². The second kappa shape index (κ2) is 5.12. The second-order valence-corrected chi connectivity index (χ2v) is 4.49. The van der Waals surface area contributed by atoms with Gasteiger partial charge in [0.15, 0.2) is 0 Å². The van der Waals surface area contributed by atoms with Gasteiger partial charge in [-0.15, -0.1) is 0 Å². The molecule has 92 valence electrons. The zero-order chi connectivity index (χ0) is 11.5. The lowest BCUT2D eigenvalue weighted by Crippen LogP contribution is -2.36. The fourth-order valence-corrected chi connectivity index (χ4v) is 2.44. The van der Waals surface area contributed by atoms with Crippen LogP contribution in [0.1, 0.15) is 13.3 Å². The number of nitrogens with one attached hydrogen (secondary N) is 1. The molecule has 0 aromatic heterocycles. The first kappa shape index (κ1) is 11.8.